The van der Waals surface area contributed by atoms with E-state index in [0.717, 1.165) is 10.4 Å². The van der Waals surface area contributed by atoms with Crippen LogP contribution < -0.4 is 10.1 Å². The average molecular weight is 418 g/mol. The molecule has 2 aromatic rings. The standard InChI is InChI=1S/C20H22N2O6S/c1-3-27-19(24)17-14-9-10-22(20(25)26-2)11-15(14)29-18(17)21-16(23)12-28-13-7-5-4-6-8-13/h4-8H,3,9-12H2,1-2H3,(H,21,23). The normalized spacial score (nSPS) is 12.7. The van der Waals surface area contributed by atoms with Crippen molar-refractivity contribution in [2.24, 2.45) is 0 Å². The summed E-state index contributed by atoms with van der Waals surface area (Å²) in [5.74, 6) is -0.300. The summed E-state index contributed by atoms with van der Waals surface area (Å²) in [6.07, 6.45) is 0.0504. The van der Waals surface area contributed by atoms with Gasteiger partial charge in [-0.05, 0) is 31.0 Å². The first-order chi connectivity index (χ1) is 14.0. The third-order valence-electron chi connectivity index (χ3n) is 4.34. The van der Waals surface area contributed by atoms with Gasteiger partial charge in [0.15, 0.2) is 6.61 Å². The number of thiophene rings is 1. The van der Waals surface area contributed by atoms with E-state index in [0.29, 0.717) is 35.8 Å². The number of esters is 1. The average Bonchev–Trinajstić information content (AvgIpc) is 3.09. The highest BCUT2D eigenvalue weighted by atomic mass is 32.1. The van der Waals surface area contributed by atoms with Gasteiger partial charge in [0, 0.05) is 11.4 Å². The summed E-state index contributed by atoms with van der Waals surface area (Å²) in [4.78, 5) is 39.1. The lowest BCUT2D eigenvalue weighted by atomic mass is 10.0. The number of fused-ring (bicyclic) bond motifs is 1. The molecule has 29 heavy (non-hydrogen) atoms. The van der Waals surface area contributed by atoms with Crippen molar-refractivity contribution in [3.05, 3.63) is 46.3 Å². The number of para-hydroxylation sites is 1. The predicted octanol–water partition coefficient (Wildman–Crippen LogP) is 3.07. The highest BCUT2D eigenvalue weighted by Crippen LogP contribution is 2.37. The summed E-state index contributed by atoms with van der Waals surface area (Å²) in [5.41, 5.74) is 1.15. The van der Waals surface area contributed by atoms with Crippen molar-refractivity contribution in [2.45, 2.75) is 19.9 Å². The second kappa shape index (κ2) is 9.42. The number of carbonyl (C=O) groups is 3. The fourth-order valence-electron chi connectivity index (χ4n) is 3.02. The molecule has 0 spiro atoms. The molecule has 1 aliphatic rings. The molecule has 0 aliphatic carbocycles. The van der Waals surface area contributed by atoms with Gasteiger partial charge in [-0.15, -0.1) is 11.3 Å². The Balaban J connectivity index is 1.78. The number of carbonyl (C=O) groups excluding carboxylic acids is 3. The molecule has 0 fully saturated rings. The summed E-state index contributed by atoms with van der Waals surface area (Å²) >= 11 is 1.26. The maximum atomic E-state index is 12.5. The van der Waals surface area contributed by atoms with Crippen molar-refractivity contribution in [3.63, 3.8) is 0 Å². The number of benzene rings is 1. The Kier molecular flexibility index (Phi) is 6.71. The van der Waals surface area contributed by atoms with Gasteiger partial charge in [0.25, 0.3) is 5.91 Å². The number of ether oxygens (including phenoxy) is 3. The van der Waals surface area contributed by atoms with E-state index in [1.54, 1.807) is 24.0 Å². The number of nitrogens with zero attached hydrogens (tertiary/aromatic N) is 1. The van der Waals surface area contributed by atoms with E-state index in [9.17, 15) is 14.4 Å². The number of amides is 2. The number of anilines is 1. The first-order valence-corrected chi connectivity index (χ1v) is 9.97. The summed E-state index contributed by atoms with van der Waals surface area (Å²) < 4.78 is 15.4. The van der Waals surface area contributed by atoms with E-state index in [2.05, 4.69) is 5.32 Å². The van der Waals surface area contributed by atoms with Gasteiger partial charge in [0.05, 0.1) is 25.8 Å². The second-order valence-corrected chi connectivity index (χ2v) is 7.33. The molecule has 1 N–H and O–H groups in total. The van der Waals surface area contributed by atoms with Crippen molar-refractivity contribution in [1.82, 2.24) is 4.90 Å². The molecule has 8 nitrogen and oxygen atoms in total. The highest BCUT2D eigenvalue weighted by molar-refractivity contribution is 7.17. The molecule has 9 heteroatoms. The molecule has 154 valence electrons. The number of hydrogen-bond acceptors (Lipinski definition) is 7. The van der Waals surface area contributed by atoms with Crippen LogP contribution in [0.5, 0.6) is 5.75 Å². The zero-order valence-corrected chi connectivity index (χ0v) is 17.0. The van der Waals surface area contributed by atoms with Crippen LogP contribution in [-0.2, 0) is 27.2 Å². The Labute approximate surface area is 172 Å². The van der Waals surface area contributed by atoms with E-state index in [4.69, 9.17) is 14.2 Å². The zero-order valence-electron chi connectivity index (χ0n) is 16.2. The van der Waals surface area contributed by atoms with Crippen LogP contribution in [0.15, 0.2) is 30.3 Å². The quantitative estimate of drug-likeness (QED) is 0.725. The molecule has 3 rings (SSSR count). The highest BCUT2D eigenvalue weighted by Gasteiger charge is 2.31. The molecular weight excluding hydrogens is 396 g/mol. The smallest absolute Gasteiger partial charge is 0.409 e. The van der Waals surface area contributed by atoms with E-state index < -0.39 is 12.1 Å². The van der Waals surface area contributed by atoms with Crippen molar-refractivity contribution >= 4 is 34.3 Å². The predicted molar refractivity (Wildman–Crippen MR) is 107 cm³/mol. The molecule has 1 aliphatic heterocycles. The van der Waals surface area contributed by atoms with E-state index in [1.165, 1.54) is 18.4 Å². The van der Waals surface area contributed by atoms with Crippen LogP contribution in [0.3, 0.4) is 0 Å². The molecule has 0 saturated heterocycles. The summed E-state index contributed by atoms with van der Waals surface area (Å²) in [6, 6.07) is 8.98. The Morgan fingerprint density at radius 3 is 2.66 bits per heavy atom. The lowest BCUT2D eigenvalue weighted by Gasteiger charge is -2.25. The van der Waals surface area contributed by atoms with Crippen molar-refractivity contribution in [1.29, 1.82) is 0 Å². The fraction of sp³-hybridized carbons (Fsp3) is 0.350. The number of hydrogen-bond donors (Lipinski definition) is 1. The molecule has 1 aromatic heterocycles. The lowest BCUT2D eigenvalue weighted by molar-refractivity contribution is -0.118. The second-order valence-electron chi connectivity index (χ2n) is 6.22. The van der Waals surface area contributed by atoms with Crippen molar-refractivity contribution in [3.8, 4) is 5.75 Å². The summed E-state index contributed by atoms with van der Waals surface area (Å²) in [7, 11) is 1.33. The molecule has 0 unspecified atom stereocenters. The molecule has 0 atom stereocenters. The number of nitrogens with one attached hydrogen (secondary N) is 1. The lowest BCUT2D eigenvalue weighted by Crippen LogP contribution is -2.35. The van der Waals surface area contributed by atoms with Crippen LogP contribution in [0.25, 0.3) is 0 Å². The number of methoxy groups -OCH3 is 1. The van der Waals surface area contributed by atoms with E-state index in [-0.39, 0.29) is 19.1 Å². The van der Waals surface area contributed by atoms with Gasteiger partial charge in [0.1, 0.15) is 10.8 Å². The van der Waals surface area contributed by atoms with Gasteiger partial charge < -0.3 is 24.4 Å². The molecule has 0 radical (unpaired) electrons. The van der Waals surface area contributed by atoms with Crippen LogP contribution >= 0.6 is 11.3 Å². The van der Waals surface area contributed by atoms with Crippen LogP contribution in [0, 0.1) is 0 Å². The van der Waals surface area contributed by atoms with E-state index >= 15 is 0 Å². The van der Waals surface area contributed by atoms with Crippen LogP contribution in [-0.4, -0.2) is 49.7 Å². The molecular formula is C20H22N2O6S. The maximum Gasteiger partial charge on any atom is 0.409 e. The third-order valence-corrected chi connectivity index (χ3v) is 5.47. The summed E-state index contributed by atoms with van der Waals surface area (Å²) in [6.45, 7) is 2.50. The monoisotopic (exact) mass is 418 g/mol. The molecule has 0 bridgehead atoms. The fourth-order valence-corrected chi connectivity index (χ4v) is 4.29. The van der Waals surface area contributed by atoms with Crippen LogP contribution in [0.4, 0.5) is 9.80 Å². The van der Waals surface area contributed by atoms with Gasteiger partial charge in [-0.25, -0.2) is 9.59 Å². The van der Waals surface area contributed by atoms with Gasteiger partial charge in [-0.2, -0.15) is 0 Å². The minimum Gasteiger partial charge on any atom is -0.484 e. The Bertz CT molecular complexity index is 896. The van der Waals surface area contributed by atoms with Crippen molar-refractivity contribution < 1.29 is 28.6 Å². The minimum absolute atomic E-state index is 0.191. The first kappa shape index (κ1) is 20.7. The SMILES string of the molecule is CCOC(=O)c1c(NC(=O)COc2ccccc2)sc2c1CCN(C(=O)OC)C2. The van der Waals surface area contributed by atoms with Gasteiger partial charge in [-0.3, -0.25) is 4.79 Å². The summed E-state index contributed by atoms with van der Waals surface area (Å²) in [5, 5.41) is 3.16. The largest absolute Gasteiger partial charge is 0.484 e. The van der Waals surface area contributed by atoms with E-state index in [1.807, 2.05) is 18.2 Å². The molecule has 2 heterocycles. The first-order valence-electron chi connectivity index (χ1n) is 9.15. The van der Waals surface area contributed by atoms with Crippen LogP contribution in [0.1, 0.15) is 27.7 Å². The Hall–Kier alpha value is -3.07. The van der Waals surface area contributed by atoms with Crippen molar-refractivity contribution in [2.75, 3.05) is 32.2 Å². The van der Waals surface area contributed by atoms with Gasteiger partial charge in [-0.1, -0.05) is 18.2 Å². The minimum atomic E-state index is -0.490. The third kappa shape index (κ3) is 4.86. The number of rotatable bonds is 6. The Morgan fingerprint density at radius 1 is 1.21 bits per heavy atom. The van der Waals surface area contributed by atoms with Gasteiger partial charge in [0.2, 0.25) is 0 Å². The Morgan fingerprint density at radius 2 is 1.97 bits per heavy atom. The molecule has 1 aromatic carbocycles. The maximum absolute atomic E-state index is 12.5. The topological polar surface area (TPSA) is 94.2 Å². The zero-order chi connectivity index (χ0) is 20.8. The van der Waals surface area contributed by atoms with Crippen LogP contribution in [0.2, 0.25) is 0 Å². The van der Waals surface area contributed by atoms with Gasteiger partial charge >= 0.3 is 12.1 Å². The molecule has 0 saturated carbocycles. The molecule has 2 amide bonds.